The van der Waals surface area contributed by atoms with E-state index in [-0.39, 0.29) is 0 Å². The van der Waals surface area contributed by atoms with E-state index in [0.717, 1.165) is 5.69 Å². The van der Waals surface area contributed by atoms with E-state index in [0.29, 0.717) is 17.1 Å². The molecule has 1 atom stereocenters. The summed E-state index contributed by atoms with van der Waals surface area (Å²) in [6.45, 7) is 6.51. The molecule has 0 radical (unpaired) electrons. The number of rotatable bonds is 3. The zero-order valence-corrected chi connectivity index (χ0v) is 8.97. The van der Waals surface area contributed by atoms with E-state index in [1.807, 2.05) is 12.1 Å². The lowest BCUT2D eigenvalue weighted by Gasteiger charge is -2.18. The molecule has 1 aromatic heterocycles. The smallest absolute Gasteiger partial charge is 0.131 e. The maximum atomic E-state index is 5.76. The third-order valence-electron chi connectivity index (χ3n) is 2.12. The molecule has 3 heteroatoms. The first-order chi connectivity index (χ1) is 6.09. The minimum absolute atomic E-state index is 0.443. The molecule has 0 bridgehead atoms. The molecule has 1 heterocycles. The first-order valence-electron chi connectivity index (χ1n) is 4.47. The molecule has 0 aliphatic heterocycles. The van der Waals surface area contributed by atoms with Crippen LogP contribution in [0.25, 0.3) is 0 Å². The molecule has 0 saturated heterocycles. The van der Waals surface area contributed by atoms with Gasteiger partial charge in [-0.25, -0.2) is 4.98 Å². The zero-order valence-electron chi connectivity index (χ0n) is 8.21. The van der Waals surface area contributed by atoms with Crippen molar-refractivity contribution < 1.29 is 0 Å². The van der Waals surface area contributed by atoms with Crippen LogP contribution in [-0.2, 0) is 0 Å². The van der Waals surface area contributed by atoms with Crippen molar-refractivity contribution >= 4 is 17.3 Å². The molecule has 1 unspecified atom stereocenters. The predicted molar refractivity (Wildman–Crippen MR) is 57.2 cm³/mol. The van der Waals surface area contributed by atoms with Crippen molar-refractivity contribution in [1.29, 1.82) is 0 Å². The number of pyridine rings is 1. The van der Waals surface area contributed by atoms with E-state index in [2.05, 4.69) is 31.1 Å². The van der Waals surface area contributed by atoms with Crippen LogP contribution in [0.15, 0.2) is 18.3 Å². The molecule has 0 fully saturated rings. The van der Waals surface area contributed by atoms with Gasteiger partial charge in [-0.15, -0.1) is 0 Å². The van der Waals surface area contributed by atoms with Gasteiger partial charge in [0, 0.05) is 17.9 Å². The fraction of sp³-hybridized carbons (Fsp3) is 0.500. The Labute approximate surface area is 84.3 Å². The standard InChI is InChI=1S/C10H15ClN2/c1-7(2)8(3)13-9-4-5-12-10(11)6-9/h4-8H,1-3H3,(H,12,13). The minimum atomic E-state index is 0.443. The van der Waals surface area contributed by atoms with Gasteiger partial charge >= 0.3 is 0 Å². The molecule has 0 spiro atoms. The monoisotopic (exact) mass is 198 g/mol. The summed E-state index contributed by atoms with van der Waals surface area (Å²) < 4.78 is 0. The number of hydrogen-bond acceptors (Lipinski definition) is 2. The largest absolute Gasteiger partial charge is 0.382 e. The summed E-state index contributed by atoms with van der Waals surface area (Å²) in [5.41, 5.74) is 1.03. The molecule has 0 aromatic carbocycles. The van der Waals surface area contributed by atoms with Crippen molar-refractivity contribution in [3.63, 3.8) is 0 Å². The third kappa shape index (κ3) is 3.23. The lowest BCUT2D eigenvalue weighted by molar-refractivity contribution is 0.560. The Balaban J connectivity index is 2.64. The average Bonchev–Trinajstić information content (AvgIpc) is 2.04. The molecule has 2 nitrogen and oxygen atoms in total. The SMILES string of the molecule is CC(C)C(C)Nc1ccnc(Cl)c1. The number of nitrogens with one attached hydrogen (secondary N) is 1. The summed E-state index contributed by atoms with van der Waals surface area (Å²) in [6.07, 6.45) is 1.71. The molecule has 0 aliphatic rings. The molecule has 1 N–H and O–H groups in total. The molecule has 1 aromatic rings. The van der Waals surface area contributed by atoms with Crippen LogP contribution in [0.1, 0.15) is 20.8 Å². The van der Waals surface area contributed by atoms with E-state index in [9.17, 15) is 0 Å². The van der Waals surface area contributed by atoms with E-state index < -0.39 is 0 Å². The maximum Gasteiger partial charge on any atom is 0.131 e. The Bertz CT molecular complexity index is 273. The van der Waals surface area contributed by atoms with Crippen molar-refractivity contribution in [2.45, 2.75) is 26.8 Å². The predicted octanol–water partition coefficient (Wildman–Crippen LogP) is 3.19. The quantitative estimate of drug-likeness (QED) is 0.755. The molecular formula is C10H15ClN2. The van der Waals surface area contributed by atoms with E-state index in [1.54, 1.807) is 6.20 Å². The minimum Gasteiger partial charge on any atom is -0.382 e. The van der Waals surface area contributed by atoms with Crippen LogP contribution in [0, 0.1) is 5.92 Å². The van der Waals surface area contributed by atoms with Gasteiger partial charge in [0.1, 0.15) is 5.15 Å². The van der Waals surface area contributed by atoms with Crippen molar-refractivity contribution in [3.8, 4) is 0 Å². The summed E-state index contributed by atoms with van der Waals surface area (Å²) >= 11 is 5.76. The van der Waals surface area contributed by atoms with Gasteiger partial charge in [0.05, 0.1) is 0 Å². The number of halogens is 1. The van der Waals surface area contributed by atoms with Gasteiger partial charge in [-0.05, 0) is 25.0 Å². The van der Waals surface area contributed by atoms with E-state index >= 15 is 0 Å². The van der Waals surface area contributed by atoms with Crippen molar-refractivity contribution in [2.24, 2.45) is 5.92 Å². The Morgan fingerprint density at radius 3 is 2.62 bits per heavy atom. The summed E-state index contributed by atoms with van der Waals surface area (Å²) in [5, 5.41) is 3.89. The fourth-order valence-electron chi connectivity index (χ4n) is 0.922. The van der Waals surface area contributed by atoms with Crippen molar-refractivity contribution in [3.05, 3.63) is 23.5 Å². The summed E-state index contributed by atoms with van der Waals surface area (Å²) in [7, 11) is 0. The van der Waals surface area contributed by atoms with Crippen molar-refractivity contribution in [2.75, 3.05) is 5.32 Å². The van der Waals surface area contributed by atoms with Crippen LogP contribution >= 0.6 is 11.6 Å². The summed E-state index contributed by atoms with van der Waals surface area (Å²) in [5.74, 6) is 0.604. The van der Waals surface area contributed by atoms with Crippen LogP contribution < -0.4 is 5.32 Å². The Hall–Kier alpha value is -0.760. The second-order valence-electron chi connectivity index (χ2n) is 3.54. The molecule has 13 heavy (non-hydrogen) atoms. The van der Waals surface area contributed by atoms with Gasteiger partial charge < -0.3 is 5.32 Å². The molecule has 0 amide bonds. The van der Waals surface area contributed by atoms with Gasteiger partial charge in [0.2, 0.25) is 0 Å². The molecule has 0 aliphatic carbocycles. The van der Waals surface area contributed by atoms with Gasteiger partial charge in [-0.3, -0.25) is 0 Å². The van der Waals surface area contributed by atoms with Crippen LogP contribution in [0.3, 0.4) is 0 Å². The fourth-order valence-corrected chi connectivity index (χ4v) is 1.10. The third-order valence-corrected chi connectivity index (χ3v) is 2.33. The van der Waals surface area contributed by atoms with Crippen LogP contribution in [0.2, 0.25) is 5.15 Å². The highest BCUT2D eigenvalue weighted by atomic mass is 35.5. The Morgan fingerprint density at radius 2 is 2.08 bits per heavy atom. The molecule has 72 valence electrons. The lowest BCUT2D eigenvalue weighted by Crippen LogP contribution is -2.21. The van der Waals surface area contributed by atoms with Gasteiger partial charge in [0.15, 0.2) is 0 Å². The van der Waals surface area contributed by atoms with E-state index in [1.165, 1.54) is 0 Å². The van der Waals surface area contributed by atoms with E-state index in [4.69, 9.17) is 11.6 Å². The van der Waals surface area contributed by atoms with Crippen LogP contribution in [0.4, 0.5) is 5.69 Å². The van der Waals surface area contributed by atoms with Gasteiger partial charge in [0.25, 0.3) is 0 Å². The summed E-state index contributed by atoms with van der Waals surface area (Å²) in [6, 6.07) is 4.20. The highest BCUT2D eigenvalue weighted by Gasteiger charge is 2.06. The molecule has 1 rings (SSSR count). The highest BCUT2D eigenvalue weighted by Crippen LogP contribution is 2.15. The molecular weight excluding hydrogens is 184 g/mol. The number of hydrogen-bond donors (Lipinski definition) is 1. The maximum absolute atomic E-state index is 5.76. The zero-order chi connectivity index (χ0) is 9.84. The van der Waals surface area contributed by atoms with Crippen molar-refractivity contribution in [1.82, 2.24) is 4.98 Å². The second kappa shape index (κ2) is 4.47. The highest BCUT2D eigenvalue weighted by molar-refractivity contribution is 6.29. The van der Waals surface area contributed by atoms with Crippen LogP contribution in [-0.4, -0.2) is 11.0 Å². The second-order valence-corrected chi connectivity index (χ2v) is 3.93. The van der Waals surface area contributed by atoms with Crippen LogP contribution in [0.5, 0.6) is 0 Å². The first kappa shape index (κ1) is 10.3. The Kier molecular flexibility index (Phi) is 3.55. The topological polar surface area (TPSA) is 24.9 Å². The lowest BCUT2D eigenvalue weighted by atomic mass is 10.1. The number of nitrogens with zero attached hydrogens (tertiary/aromatic N) is 1. The van der Waals surface area contributed by atoms with Gasteiger partial charge in [-0.2, -0.15) is 0 Å². The number of anilines is 1. The number of aromatic nitrogens is 1. The normalized spacial score (nSPS) is 13.0. The van der Waals surface area contributed by atoms with Gasteiger partial charge in [-0.1, -0.05) is 25.4 Å². The Morgan fingerprint density at radius 1 is 1.38 bits per heavy atom. The molecule has 0 saturated carbocycles. The first-order valence-corrected chi connectivity index (χ1v) is 4.85. The summed E-state index contributed by atoms with van der Waals surface area (Å²) in [4.78, 5) is 3.92. The average molecular weight is 199 g/mol.